The Morgan fingerprint density at radius 3 is 3.11 bits per heavy atom. The highest BCUT2D eigenvalue weighted by Gasteiger charge is 2.22. The SMILES string of the molecule is COC(=O)c1cccc(CN2CCC(CO)C2)n1. The summed E-state index contributed by atoms with van der Waals surface area (Å²) in [5.74, 6) is -0.0414. The zero-order chi connectivity index (χ0) is 13.0. The van der Waals surface area contributed by atoms with Gasteiger partial charge in [0.1, 0.15) is 5.69 Å². The highest BCUT2D eigenvalue weighted by Crippen LogP contribution is 2.17. The molecule has 0 spiro atoms. The molecule has 0 radical (unpaired) electrons. The Morgan fingerprint density at radius 1 is 1.61 bits per heavy atom. The summed E-state index contributed by atoms with van der Waals surface area (Å²) >= 11 is 0. The van der Waals surface area contributed by atoms with Gasteiger partial charge in [0.2, 0.25) is 0 Å². The van der Waals surface area contributed by atoms with Gasteiger partial charge in [0.25, 0.3) is 0 Å². The average Bonchev–Trinajstić information content (AvgIpc) is 2.86. The van der Waals surface area contributed by atoms with Crippen LogP contribution >= 0.6 is 0 Å². The van der Waals surface area contributed by atoms with Crippen molar-refractivity contribution in [2.24, 2.45) is 5.92 Å². The molecule has 18 heavy (non-hydrogen) atoms. The fourth-order valence-corrected chi connectivity index (χ4v) is 2.22. The molecule has 1 aliphatic rings. The number of esters is 1. The van der Waals surface area contributed by atoms with Crippen LogP contribution in [-0.4, -0.2) is 47.8 Å². The minimum atomic E-state index is -0.411. The molecular weight excluding hydrogens is 232 g/mol. The molecule has 1 aromatic rings. The van der Waals surface area contributed by atoms with Crippen LogP contribution in [0.15, 0.2) is 18.2 Å². The standard InChI is InChI=1S/C13H18N2O3/c1-18-13(17)12-4-2-3-11(14-12)8-15-6-5-10(7-15)9-16/h2-4,10,16H,5-9H2,1H3. The number of pyridine rings is 1. The number of ether oxygens (including phenoxy) is 1. The van der Waals surface area contributed by atoms with Crippen molar-refractivity contribution in [3.05, 3.63) is 29.6 Å². The molecule has 1 aliphatic heterocycles. The van der Waals surface area contributed by atoms with E-state index in [0.717, 1.165) is 25.2 Å². The van der Waals surface area contributed by atoms with Crippen LogP contribution in [0.2, 0.25) is 0 Å². The first kappa shape index (κ1) is 13.0. The summed E-state index contributed by atoms with van der Waals surface area (Å²) in [6, 6.07) is 5.36. The lowest BCUT2D eigenvalue weighted by Crippen LogP contribution is -2.22. The number of carbonyl (C=O) groups excluding carboxylic acids is 1. The molecule has 1 unspecified atom stereocenters. The summed E-state index contributed by atoms with van der Waals surface area (Å²) in [5.41, 5.74) is 1.20. The Hall–Kier alpha value is -1.46. The lowest BCUT2D eigenvalue weighted by atomic mass is 10.1. The van der Waals surface area contributed by atoms with Gasteiger partial charge in [0, 0.05) is 19.7 Å². The maximum Gasteiger partial charge on any atom is 0.356 e. The second-order valence-corrected chi connectivity index (χ2v) is 4.58. The van der Waals surface area contributed by atoms with E-state index in [1.807, 2.05) is 12.1 Å². The van der Waals surface area contributed by atoms with Crippen LogP contribution in [0.5, 0.6) is 0 Å². The molecule has 1 saturated heterocycles. The van der Waals surface area contributed by atoms with Crippen molar-refractivity contribution in [1.29, 1.82) is 0 Å². The fourth-order valence-electron chi connectivity index (χ4n) is 2.22. The van der Waals surface area contributed by atoms with Gasteiger partial charge >= 0.3 is 5.97 Å². The summed E-state index contributed by atoms with van der Waals surface area (Å²) in [6.45, 7) is 2.81. The van der Waals surface area contributed by atoms with Crippen molar-refractivity contribution in [1.82, 2.24) is 9.88 Å². The first-order valence-corrected chi connectivity index (χ1v) is 6.10. The van der Waals surface area contributed by atoms with E-state index >= 15 is 0 Å². The van der Waals surface area contributed by atoms with Crippen LogP contribution in [0.3, 0.4) is 0 Å². The predicted octanol–water partition coefficient (Wildman–Crippen LogP) is 0.682. The van der Waals surface area contributed by atoms with Crippen molar-refractivity contribution < 1.29 is 14.6 Å². The Kier molecular flexibility index (Phi) is 4.28. The third-order valence-electron chi connectivity index (χ3n) is 3.22. The summed E-state index contributed by atoms with van der Waals surface area (Å²) in [7, 11) is 1.35. The van der Waals surface area contributed by atoms with Crippen LogP contribution in [0.1, 0.15) is 22.6 Å². The molecule has 0 amide bonds. The lowest BCUT2D eigenvalue weighted by molar-refractivity contribution is 0.0593. The van der Waals surface area contributed by atoms with Gasteiger partial charge in [-0.15, -0.1) is 0 Å². The zero-order valence-electron chi connectivity index (χ0n) is 10.5. The molecule has 0 saturated carbocycles. The molecule has 1 aromatic heterocycles. The number of nitrogens with zero attached hydrogens (tertiary/aromatic N) is 2. The lowest BCUT2D eigenvalue weighted by Gasteiger charge is -2.15. The van der Waals surface area contributed by atoms with Gasteiger partial charge in [-0.1, -0.05) is 6.07 Å². The quantitative estimate of drug-likeness (QED) is 0.796. The summed E-state index contributed by atoms with van der Waals surface area (Å²) < 4.78 is 4.65. The van der Waals surface area contributed by atoms with Crippen LogP contribution < -0.4 is 0 Å². The van der Waals surface area contributed by atoms with E-state index in [2.05, 4.69) is 14.6 Å². The molecule has 1 atom stereocenters. The Balaban J connectivity index is 1.99. The van der Waals surface area contributed by atoms with Gasteiger partial charge in [0.15, 0.2) is 0 Å². The van der Waals surface area contributed by atoms with E-state index in [1.54, 1.807) is 6.07 Å². The van der Waals surface area contributed by atoms with E-state index in [4.69, 9.17) is 5.11 Å². The van der Waals surface area contributed by atoms with Crippen molar-refractivity contribution in [2.45, 2.75) is 13.0 Å². The number of aliphatic hydroxyl groups excluding tert-OH is 1. The molecular formula is C13H18N2O3. The average molecular weight is 250 g/mol. The number of aliphatic hydroxyl groups is 1. The normalized spacial score (nSPS) is 20.0. The van der Waals surface area contributed by atoms with Crippen LogP contribution in [0, 0.1) is 5.92 Å². The largest absolute Gasteiger partial charge is 0.464 e. The molecule has 2 rings (SSSR count). The molecule has 98 valence electrons. The van der Waals surface area contributed by atoms with Crippen molar-refractivity contribution >= 4 is 5.97 Å². The number of methoxy groups -OCH3 is 1. The Bertz CT molecular complexity index is 422. The second-order valence-electron chi connectivity index (χ2n) is 4.58. The molecule has 5 heteroatoms. The van der Waals surface area contributed by atoms with Crippen molar-refractivity contribution in [3.8, 4) is 0 Å². The number of aromatic nitrogens is 1. The molecule has 1 N–H and O–H groups in total. The van der Waals surface area contributed by atoms with Crippen molar-refractivity contribution in [2.75, 3.05) is 26.8 Å². The smallest absolute Gasteiger partial charge is 0.356 e. The molecule has 0 bridgehead atoms. The van der Waals surface area contributed by atoms with E-state index in [0.29, 0.717) is 18.2 Å². The molecule has 0 aromatic carbocycles. The number of likely N-dealkylation sites (tertiary alicyclic amines) is 1. The summed E-state index contributed by atoms with van der Waals surface area (Å²) in [6.07, 6.45) is 1.02. The monoisotopic (exact) mass is 250 g/mol. The molecule has 0 aliphatic carbocycles. The van der Waals surface area contributed by atoms with Gasteiger partial charge in [-0.05, 0) is 31.0 Å². The van der Waals surface area contributed by atoms with Crippen LogP contribution in [0.4, 0.5) is 0 Å². The van der Waals surface area contributed by atoms with Gasteiger partial charge in [0.05, 0.1) is 12.8 Å². The maximum absolute atomic E-state index is 11.4. The van der Waals surface area contributed by atoms with E-state index < -0.39 is 5.97 Å². The minimum absolute atomic E-state index is 0.242. The molecule has 5 nitrogen and oxygen atoms in total. The topological polar surface area (TPSA) is 62.7 Å². The molecule has 1 fully saturated rings. The summed E-state index contributed by atoms with van der Waals surface area (Å²) in [5, 5.41) is 9.10. The first-order chi connectivity index (χ1) is 8.72. The number of carbonyl (C=O) groups is 1. The highest BCUT2D eigenvalue weighted by atomic mass is 16.5. The van der Waals surface area contributed by atoms with E-state index in [9.17, 15) is 4.79 Å². The van der Waals surface area contributed by atoms with Gasteiger partial charge in [-0.25, -0.2) is 9.78 Å². The molecule has 2 heterocycles. The van der Waals surface area contributed by atoms with Crippen LogP contribution in [0.25, 0.3) is 0 Å². The first-order valence-electron chi connectivity index (χ1n) is 6.10. The minimum Gasteiger partial charge on any atom is -0.464 e. The number of rotatable bonds is 4. The third kappa shape index (κ3) is 3.05. The van der Waals surface area contributed by atoms with Gasteiger partial charge in [-0.3, -0.25) is 4.90 Å². The second kappa shape index (κ2) is 5.93. The van der Waals surface area contributed by atoms with E-state index in [1.165, 1.54) is 7.11 Å². The zero-order valence-corrected chi connectivity index (χ0v) is 10.5. The summed E-state index contributed by atoms with van der Waals surface area (Å²) in [4.78, 5) is 17.9. The number of hydrogen-bond acceptors (Lipinski definition) is 5. The van der Waals surface area contributed by atoms with E-state index in [-0.39, 0.29) is 6.61 Å². The highest BCUT2D eigenvalue weighted by molar-refractivity contribution is 5.87. The number of hydrogen-bond donors (Lipinski definition) is 1. The van der Waals surface area contributed by atoms with Crippen LogP contribution in [-0.2, 0) is 11.3 Å². The van der Waals surface area contributed by atoms with Gasteiger partial charge < -0.3 is 9.84 Å². The Morgan fingerprint density at radius 2 is 2.44 bits per heavy atom. The predicted molar refractivity (Wildman–Crippen MR) is 66.0 cm³/mol. The van der Waals surface area contributed by atoms with Crippen molar-refractivity contribution in [3.63, 3.8) is 0 Å². The third-order valence-corrected chi connectivity index (χ3v) is 3.22. The maximum atomic E-state index is 11.4. The van der Waals surface area contributed by atoms with Gasteiger partial charge in [-0.2, -0.15) is 0 Å². The Labute approximate surface area is 106 Å². The fraction of sp³-hybridized carbons (Fsp3) is 0.538.